The minimum atomic E-state index is -0.744. The van der Waals surface area contributed by atoms with Crippen LogP contribution < -0.4 is 5.73 Å². The van der Waals surface area contributed by atoms with Crippen LogP contribution in [0.4, 0.5) is 10.1 Å². The molecule has 0 aromatic heterocycles. The summed E-state index contributed by atoms with van der Waals surface area (Å²) in [6.45, 7) is 0.667. The van der Waals surface area contributed by atoms with Gasteiger partial charge in [-0.05, 0) is 12.1 Å². The molecular formula is C11H14FNO3. The number of anilines is 1. The van der Waals surface area contributed by atoms with Crippen LogP contribution in [0.15, 0.2) is 18.2 Å². The van der Waals surface area contributed by atoms with E-state index in [-0.39, 0.29) is 17.9 Å². The third-order valence-electron chi connectivity index (χ3n) is 1.98. The van der Waals surface area contributed by atoms with Crippen LogP contribution in [-0.2, 0) is 9.47 Å². The third-order valence-corrected chi connectivity index (χ3v) is 1.98. The number of nitrogen functional groups attached to an aromatic ring is 1. The van der Waals surface area contributed by atoms with Gasteiger partial charge < -0.3 is 15.2 Å². The Morgan fingerprint density at radius 3 is 2.81 bits per heavy atom. The highest BCUT2D eigenvalue weighted by molar-refractivity contribution is 5.95. The zero-order chi connectivity index (χ0) is 12.0. The lowest BCUT2D eigenvalue weighted by atomic mass is 10.2. The van der Waals surface area contributed by atoms with Crippen LogP contribution in [-0.4, -0.2) is 26.3 Å². The maximum atomic E-state index is 13.3. The van der Waals surface area contributed by atoms with E-state index in [1.54, 1.807) is 7.11 Å². The molecule has 0 unspecified atom stereocenters. The summed E-state index contributed by atoms with van der Waals surface area (Å²) in [7, 11) is 1.55. The summed E-state index contributed by atoms with van der Waals surface area (Å²) in [5.41, 5.74) is 5.36. The molecule has 0 atom stereocenters. The maximum absolute atomic E-state index is 13.3. The van der Waals surface area contributed by atoms with Crippen LogP contribution in [0.2, 0.25) is 0 Å². The first-order valence-corrected chi connectivity index (χ1v) is 4.87. The van der Waals surface area contributed by atoms with Gasteiger partial charge in [0.15, 0.2) is 0 Å². The van der Waals surface area contributed by atoms with Crippen molar-refractivity contribution in [3.63, 3.8) is 0 Å². The number of benzene rings is 1. The van der Waals surface area contributed by atoms with E-state index in [0.29, 0.717) is 13.0 Å². The standard InChI is InChI=1S/C11H14FNO3/c1-15-6-3-7-16-11(14)10-8(12)4-2-5-9(10)13/h2,4-5H,3,6-7,13H2,1H3. The van der Waals surface area contributed by atoms with E-state index in [1.807, 2.05) is 0 Å². The van der Waals surface area contributed by atoms with Crippen LogP contribution in [0.5, 0.6) is 0 Å². The molecule has 0 aliphatic carbocycles. The Hall–Kier alpha value is -1.62. The number of hydrogen-bond acceptors (Lipinski definition) is 4. The van der Waals surface area contributed by atoms with Gasteiger partial charge in [-0.2, -0.15) is 0 Å². The molecule has 0 radical (unpaired) electrons. The molecule has 0 bridgehead atoms. The second kappa shape index (κ2) is 6.07. The number of rotatable bonds is 5. The quantitative estimate of drug-likeness (QED) is 0.471. The predicted octanol–water partition coefficient (Wildman–Crippen LogP) is 1.60. The van der Waals surface area contributed by atoms with Gasteiger partial charge >= 0.3 is 5.97 Å². The molecule has 0 saturated carbocycles. The van der Waals surface area contributed by atoms with Crippen molar-refractivity contribution in [3.05, 3.63) is 29.6 Å². The van der Waals surface area contributed by atoms with Crippen molar-refractivity contribution in [1.29, 1.82) is 0 Å². The molecule has 0 spiro atoms. The van der Waals surface area contributed by atoms with Gasteiger partial charge in [-0.15, -0.1) is 0 Å². The number of carbonyl (C=O) groups is 1. The Kier molecular flexibility index (Phi) is 4.72. The van der Waals surface area contributed by atoms with Gasteiger partial charge in [0.1, 0.15) is 11.4 Å². The van der Waals surface area contributed by atoms with Crippen LogP contribution in [0.3, 0.4) is 0 Å². The SMILES string of the molecule is COCCCOC(=O)c1c(N)cccc1F. The smallest absolute Gasteiger partial charge is 0.343 e. The monoisotopic (exact) mass is 227 g/mol. The molecule has 1 aromatic carbocycles. The number of hydrogen-bond donors (Lipinski definition) is 1. The number of halogens is 1. The normalized spacial score (nSPS) is 10.1. The lowest BCUT2D eigenvalue weighted by Gasteiger charge is -2.07. The second-order valence-electron chi connectivity index (χ2n) is 3.19. The summed E-state index contributed by atoms with van der Waals surface area (Å²) in [4.78, 5) is 11.5. The van der Waals surface area contributed by atoms with Gasteiger partial charge in [0, 0.05) is 25.8 Å². The Morgan fingerprint density at radius 2 is 2.19 bits per heavy atom. The van der Waals surface area contributed by atoms with Gasteiger partial charge in [-0.3, -0.25) is 0 Å². The molecule has 0 fully saturated rings. The fourth-order valence-corrected chi connectivity index (χ4v) is 1.20. The first-order chi connectivity index (χ1) is 7.66. The topological polar surface area (TPSA) is 61.5 Å². The zero-order valence-electron chi connectivity index (χ0n) is 9.03. The minimum absolute atomic E-state index is 0.0803. The summed E-state index contributed by atoms with van der Waals surface area (Å²) in [5, 5.41) is 0. The van der Waals surface area contributed by atoms with Crippen LogP contribution in [0.1, 0.15) is 16.8 Å². The maximum Gasteiger partial charge on any atom is 0.343 e. The zero-order valence-corrected chi connectivity index (χ0v) is 9.03. The molecule has 1 aromatic rings. The van der Waals surface area contributed by atoms with E-state index < -0.39 is 11.8 Å². The van der Waals surface area contributed by atoms with Crippen molar-refractivity contribution in [1.82, 2.24) is 0 Å². The first kappa shape index (κ1) is 12.4. The molecule has 0 heterocycles. The molecule has 1 rings (SSSR count). The number of esters is 1. The van der Waals surface area contributed by atoms with E-state index >= 15 is 0 Å². The van der Waals surface area contributed by atoms with Crippen LogP contribution in [0, 0.1) is 5.82 Å². The highest BCUT2D eigenvalue weighted by atomic mass is 19.1. The van der Waals surface area contributed by atoms with Gasteiger partial charge in [0.25, 0.3) is 0 Å². The molecule has 0 amide bonds. The van der Waals surface area contributed by atoms with Gasteiger partial charge in [0.05, 0.1) is 6.61 Å². The largest absolute Gasteiger partial charge is 0.462 e. The van der Waals surface area contributed by atoms with Crippen molar-refractivity contribution in [2.45, 2.75) is 6.42 Å². The highest BCUT2D eigenvalue weighted by Crippen LogP contribution is 2.16. The summed E-state index contributed by atoms with van der Waals surface area (Å²) in [5.74, 6) is -1.41. The number of ether oxygens (including phenoxy) is 2. The lowest BCUT2D eigenvalue weighted by molar-refractivity contribution is 0.0464. The summed E-state index contributed by atoms with van der Waals surface area (Å²) < 4.78 is 22.9. The Morgan fingerprint density at radius 1 is 1.44 bits per heavy atom. The van der Waals surface area contributed by atoms with Crippen molar-refractivity contribution < 1.29 is 18.7 Å². The second-order valence-corrected chi connectivity index (χ2v) is 3.19. The average Bonchev–Trinajstić information content (AvgIpc) is 2.24. The Balaban J connectivity index is 2.59. The number of nitrogens with two attached hydrogens (primary N) is 1. The minimum Gasteiger partial charge on any atom is -0.462 e. The van der Waals surface area contributed by atoms with Crippen molar-refractivity contribution in [2.24, 2.45) is 0 Å². The average molecular weight is 227 g/mol. The fraction of sp³-hybridized carbons (Fsp3) is 0.364. The number of carbonyl (C=O) groups excluding carboxylic acids is 1. The summed E-state index contributed by atoms with van der Waals surface area (Å²) >= 11 is 0. The molecule has 5 heteroatoms. The number of methoxy groups -OCH3 is 1. The summed E-state index contributed by atoms with van der Waals surface area (Å²) in [6, 6.07) is 4.06. The molecule has 16 heavy (non-hydrogen) atoms. The Bertz CT molecular complexity index is 348. The third kappa shape index (κ3) is 3.20. The van der Waals surface area contributed by atoms with Crippen LogP contribution >= 0.6 is 0 Å². The van der Waals surface area contributed by atoms with Crippen molar-refractivity contribution in [2.75, 3.05) is 26.1 Å². The molecule has 0 aliphatic rings. The van der Waals surface area contributed by atoms with E-state index in [1.165, 1.54) is 18.2 Å². The van der Waals surface area contributed by atoms with E-state index in [9.17, 15) is 9.18 Å². The highest BCUT2D eigenvalue weighted by Gasteiger charge is 2.16. The predicted molar refractivity (Wildman–Crippen MR) is 57.6 cm³/mol. The van der Waals surface area contributed by atoms with Crippen molar-refractivity contribution in [3.8, 4) is 0 Å². The summed E-state index contributed by atoms with van der Waals surface area (Å²) in [6.07, 6.45) is 0.566. The van der Waals surface area contributed by atoms with E-state index in [0.717, 1.165) is 0 Å². The molecule has 0 saturated heterocycles. The molecule has 88 valence electrons. The van der Waals surface area contributed by atoms with Gasteiger partial charge in [-0.25, -0.2) is 9.18 Å². The van der Waals surface area contributed by atoms with E-state index in [2.05, 4.69) is 0 Å². The van der Waals surface area contributed by atoms with Crippen molar-refractivity contribution >= 4 is 11.7 Å². The van der Waals surface area contributed by atoms with E-state index in [4.69, 9.17) is 15.2 Å². The fourth-order valence-electron chi connectivity index (χ4n) is 1.20. The van der Waals surface area contributed by atoms with Crippen LogP contribution in [0.25, 0.3) is 0 Å². The van der Waals surface area contributed by atoms with Gasteiger partial charge in [0.2, 0.25) is 0 Å². The molecule has 2 N–H and O–H groups in total. The first-order valence-electron chi connectivity index (χ1n) is 4.87. The Labute approximate surface area is 93.2 Å². The molecule has 0 aliphatic heterocycles. The van der Waals surface area contributed by atoms with Gasteiger partial charge in [-0.1, -0.05) is 6.07 Å². The molecule has 4 nitrogen and oxygen atoms in total. The molecular weight excluding hydrogens is 213 g/mol. The lowest BCUT2D eigenvalue weighted by Crippen LogP contribution is -2.12.